The standard InChI is InChI=1S/C26H34N2O3S2/c1-3-24(21-12-11-19-9-5-6-10-20(19)17-21)27-33(30,31)22-13-14-25(32-2)23(18-22)26(29)28-15-7-4-8-16-28/h11-14,17-18,24,27H,3-10,15-16H2,1-2H3. The minimum Gasteiger partial charge on any atom is -0.339 e. The van der Waals surface area contributed by atoms with Crippen LogP contribution in [0.2, 0.25) is 0 Å². The zero-order valence-electron chi connectivity index (χ0n) is 19.6. The number of hydrogen-bond donors (Lipinski definition) is 1. The maximum absolute atomic E-state index is 13.4. The molecule has 1 N–H and O–H groups in total. The van der Waals surface area contributed by atoms with Crippen molar-refractivity contribution in [1.29, 1.82) is 0 Å². The van der Waals surface area contributed by atoms with Gasteiger partial charge in [0.2, 0.25) is 10.0 Å². The molecule has 1 aliphatic heterocycles. The SMILES string of the molecule is CCC(NS(=O)(=O)c1ccc(SC)c(C(=O)N2CCCCC2)c1)c1ccc2c(c1)CCCC2. The van der Waals surface area contributed by atoms with E-state index >= 15 is 0 Å². The molecule has 0 saturated carbocycles. The zero-order chi connectivity index (χ0) is 23.4. The van der Waals surface area contributed by atoms with Crippen molar-refractivity contribution in [3.8, 4) is 0 Å². The van der Waals surface area contributed by atoms with Crippen molar-refractivity contribution in [2.45, 2.75) is 74.1 Å². The summed E-state index contributed by atoms with van der Waals surface area (Å²) in [7, 11) is -3.78. The minimum absolute atomic E-state index is 0.0715. The van der Waals surface area contributed by atoms with Crippen molar-refractivity contribution in [3.63, 3.8) is 0 Å². The second-order valence-electron chi connectivity index (χ2n) is 9.03. The number of benzene rings is 2. The molecule has 2 aromatic carbocycles. The Bertz CT molecular complexity index is 1110. The number of nitrogens with one attached hydrogen (secondary N) is 1. The summed E-state index contributed by atoms with van der Waals surface area (Å²) in [6.07, 6.45) is 10.3. The molecule has 0 aromatic heterocycles. The number of rotatable bonds is 7. The van der Waals surface area contributed by atoms with Crippen LogP contribution in [0.1, 0.15) is 78.5 Å². The summed E-state index contributed by atoms with van der Waals surface area (Å²) in [4.78, 5) is 16.0. The van der Waals surface area contributed by atoms with E-state index in [1.54, 1.807) is 18.2 Å². The molecule has 2 aliphatic rings. The zero-order valence-corrected chi connectivity index (χ0v) is 21.2. The predicted octanol–water partition coefficient (Wildman–Crippen LogP) is 5.34. The van der Waals surface area contributed by atoms with Gasteiger partial charge < -0.3 is 4.90 Å². The number of fused-ring (bicyclic) bond motifs is 1. The second kappa shape index (κ2) is 10.6. The highest BCUT2D eigenvalue weighted by molar-refractivity contribution is 7.98. The van der Waals surface area contributed by atoms with E-state index in [4.69, 9.17) is 0 Å². The highest BCUT2D eigenvalue weighted by atomic mass is 32.2. The predicted molar refractivity (Wildman–Crippen MR) is 134 cm³/mol. The number of carbonyl (C=O) groups excluding carboxylic acids is 1. The van der Waals surface area contributed by atoms with Crippen LogP contribution in [-0.4, -0.2) is 38.6 Å². The van der Waals surface area contributed by atoms with Crippen LogP contribution in [0.3, 0.4) is 0 Å². The lowest BCUT2D eigenvalue weighted by molar-refractivity contribution is 0.0720. The molecule has 1 atom stereocenters. The number of piperidine rings is 1. The van der Waals surface area contributed by atoms with Gasteiger partial charge in [0.1, 0.15) is 0 Å². The fourth-order valence-corrected chi connectivity index (χ4v) is 6.81. The number of sulfonamides is 1. The molecular formula is C26H34N2O3S2. The molecule has 4 rings (SSSR count). The molecule has 1 aliphatic carbocycles. The van der Waals surface area contributed by atoms with E-state index in [1.807, 2.05) is 18.1 Å². The van der Waals surface area contributed by atoms with Gasteiger partial charge >= 0.3 is 0 Å². The highest BCUT2D eigenvalue weighted by Crippen LogP contribution is 2.29. The molecule has 1 saturated heterocycles. The van der Waals surface area contributed by atoms with E-state index in [-0.39, 0.29) is 16.8 Å². The Labute approximate surface area is 202 Å². The Morgan fingerprint density at radius 2 is 1.73 bits per heavy atom. The van der Waals surface area contributed by atoms with Gasteiger partial charge in [0.15, 0.2) is 0 Å². The van der Waals surface area contributed by atoms with Gasteiger partial charge in [-0.3, -0.25) is 4.79 Å². The Morgan fingerprint density at radius 1 is 1.00 bits per heavy atom. The molecule has 0 radical (unpaired) electrons. The topological polar surface area (TPSA) is 66.5 Å². The van der Waals surface area contributed by atoms with Crippen molar-refractivity contribution in [3.05, 3.63) is 58.7 Å². The molecule has 2 aromatic rings. The van der Waals surface area contributed by atoms with Crippen LogP contribution in [0.5, 0.6) is 0 Å². The molecule has 1 unspecified atom stereocenters. The van der Waals surface area contributed by atoms with Crippen LogP contribution in [0.25, 0.3) is 0 Å². The summed E-state index contributed by atoms with van der Waals surface area (Å²) < 4.78 is 29.6. The maximum Gasteiger partial charge on any atom is 0.255 e. The van der Waals surface area contributed by atoms with Gasteiger partial charge in [0.05, 0.1) is 10.5 Å². The molecule has 1 fully saturated rings. The van der Waals surface area contributed by atoms with Gasteiger partial charge in [-0.05, 0) is 92.5 Å². The van der Waals surface area contributed by atoms with Gasteiger partial charge in [0, 0.05) is 24.0 Å². The summed E-state index contributed by atoms with van der Waals surface area (Å²) in [5.41, 5.74) is 4.22. The lowest BCUT2D eigenvalue weighted by Gasteiger charge is -2.27. The van der Waals surface area contributed by atoms with Crippen LogP contribution in [0.15, 0.2) is 46.2 Å². The molecule has 7 heteroatoms. The van der Waals surface area contributed by atoms with Gasteiger partial charge in [-0.2, -0.15) is 0 Å². The number of hydrogen-bond acceptors (Lipinski definition) is 4. The first-order valence-electron chi connectivity index (χ1n) is 12.0. The van der Waals surface area contributed by atoms with E-state index < -0.39 is 10.0 Å². The number of thioether (sulfide) groups is 1. The number of amides is 1. The first-order valence-corrected chi connectivity index (χ1v) is 14.7. The van der Waals surface area contributed by atoms with E-state index in [2.05, 4.69) is 22.9 Å². The Hall–Kier alpha value is -1.83. The van der Waals surface area contributed by atoms with Crippen molar-refractivity contribution >= 4 is 27.7 Å². The highest BCUT2D eigenvalue weighted by Gasteiger charge is 2.26. The first-order chi connectivity index (χ1) is 15.9. The number of aryl methyl sites for hydroxylation is 2. The molecule has 33 heavy (non-hydrogen) atoms. The smallest absolute Gasteiger partial charge is 0.255 e. The van der Waals surface area contributed by atoms with Gasteiger partial charge in [-0.25, -0.2) is 13.1 Å². The fraction of sp³-hybridized carbons (Fsp3) is 0.500. The van der Waals surface area contributed by atoms with Gasteiger partial charge in [-0.15, -0.1) is 11.8 Å². The number of carbonyl (C=O) groups is 1. The monoisotopic (exact) mass is 486 g/mol. The quantitative estimate of drug-likeness (QED) is 0.536. The summed E-state index contributed by atoms with van der Waals surface area (Å²) in [5.74, 6) is -0.0715. The molecule has 178 valence electrons. The maximum atomic E-state index is 13.4. The molecule has 5 nitrogen and oxygen atoms in total. The van der Waals surface area contributed by atoms with Gasteiger partial charge in [-0.1, -0.05) is 25.1 Å². The largest absolute Gasteiger partial charge is 0.339 e. The fourth-order valence-electron chi connectivity index (χ4n) is 4.90. The van der Waals surface area contributed by atoms with Crippen LogP contribution >= 0.6 is 11.8 Å². The summed E-state index contributed by atoms with van der Waals surface area (Å²) in [5, 5.41) is 0. The van der Waals surface area contributed by atoms with Crippen molar-refractivity contribution in [1.82, 2.24) is 9.62 Å². The van der Waals surface area contributed by atoms with E-state index in [0.717, 1.165) is 55.7 Å². The molecule has 0 spiro atoms. The average Bonchev–Trinajstić information content (AvgIpc) is 2.86. The molecule has 1 amide bonds. The first kappa shape index (κ1) is 24.3. The van der Waals surface area contributed by atoms with Crippen LogP contribution in [-0.2, 0) is 22.9 Å². The third-order valence-corrected chi connectivity index (χ3v) is 9.10. The number of likely N-dealkylation sites (tertiary alicyclic amines) is 1. The van der Waals surface area contributed by atoms with E-state index in [9.17, 15) is 13.2 Å². The normalized spacial score (nSPS) is 17.5. The van der Waals surface area contributed by atoms with E-state index in [1.165, 1.54) is 35.7 Å². The van der Waals surface area contributed by atoms with Gasteiger partial charge in [0.25, 0.3) is 5.91 Å². The van der Waals surface area contributed by atoms with Crippen LogP contribution in [0.4, 0.5) is 0 Å². The second-order valence-corrected chi connectivity index (χ2v) is 11.6. The molecule has 1 heterocycles. The lowest BCUT2D eigenvalue weighted by atomic mass is 9.89. The molecular weight excluding hydrogens is 452 g/mol. The summed E-state index contributed by atoms with van der Waals surface area (Å²) in [6.45, 7) is 3.46. The Morgan fingerprint density at radius 3 is 2.42 bits per heavy atom. The average molecular weight is 487 g/mol. The number of nitrogens with zero attached hydrogens (tertiary/aromatic N) is 1. The van der Waals surface area contributed by atoms with Crippen LogP contribution < -0.4 is 4.72 Å². The minimum atomic E-state index is -3.78. The third-order valence-electron chi connectivity index (χ3n) is 6.84. The van der Waals surface area contributed by atoms with Crippen molar-refractivity contribution in [2.75, 3.05) is 19.3 Å². The molecule has 0 bridgehead atoms. The summed E-state index contributed by atoms with van der Waals surface area (Å²) in [6, 6.07) is 11.0. The third kappa shape index (κ3) is 5.47. The summed E-state index contributed by atoms with van der Waals surface area (Å²) >= 11 is 1.47. The Balaban J connectivity index is 1.60. The van der Waals surface area contributed by atoms with Crippen molar-refractivity contribution in [2.24, 2.45) is 0 Å². The lowest BCUT2D eigenvalue weighted by Crippen LogP contribution is -2.36. The van der Waals surface area contributed by atoms with E-state index in [0.29, 0.717) is 12.0 Å². The van der Waals surface area contributed by atoms with Crippen molar-refractivity contribution < 1.29 is 13.2 Å². The Kier molecular flexibility index (Phi) is 7.82. The van der Waals surface area contributed by atoms with Crippen LogP contribution in [0, 0.1) is 0 Å².